The molecule has 1 aliphatic heterocycles. The van der Waals surface area contributed by atoms with E-state index < -0.39 is 0 Å². The van der Waals surface area contributed by atoms with E-state index in [4.69, 9.17) is 4.74 Å². The van der Waals surface area contributed by atoms with E-state index in [-0.39, 0.29) is 0 Å². The Hall–Kier alpha value is -1.32. The Balaban J connectivity index is 1.61. The molecule has 0 saturated carbocycles. The van der Waals surface area contributed by atoms with Crippen molar-refractivity contribution in [2.24, 2.45) is 5.92 Å². The van der Waals surface area contributed by atoms with Gasteiger partial charge in [-0.15, -0.1) is 0 Å². The zero-order valence-corrected chi connectivity index (χ0v) is 13.2. The maximum Gasteiger partial charge on any atom is 0.119 e. The van der Waals surface area contributed by atoms with Gasteiger partial charge in [0.2, 0.25) is 0 Å². The molecular formula is C18H28N2O. The number of nitrogens with one attached hydrogen (secondary N) is 1. The van der Waals surface area contributed by atoms with Gasteiger partial charge in [0.15, 0.2) is 0 Å². The highest BCUT2D eigenvalue weighted by atomic mass is 16.5. The van der Waals surface area contributed by atoms with Crippen LogP contribution in [0.2, 0.25) is 0 Å². The predicted octanol–water partition coefficient (Wildman–Crippen LogP) is 3.07. The molecule has 0 radical (unpaired) electrons. The molecule has 116 valence electrons. The number of nitrogens with zero attached hydrogens (tertiary/aromatic N) is 1. The first-order chi connectivity index (χ1) is 10.3. The summed E-state index contributed by atoms with van der Waals surface area (Å²) in [6.07, 6.45) is 5.77. The molecule has 3 heteroatoms. The van der Waals surface area contributed by atoms with Gasteiger partial charge < -0.3 is 15.0 Å². The summed E-state index contributed by atoms with van der Waals surface area (Å²) < 4.78 is 5.48. The maximum absolute atomic E-state index is 5.48. The van der Waals surface area contributed by atoms with Crippen LogP contribution in [0.15, 0.2) is 36.9 Å². The molecule has 3 nitrogen and oxygen atoms in total. The van der Waals surface area contributed by atoms with Crippen LogP contribution in [0.25, 0.3) is 0 Å². The van der Waals surface area contributed by atoms with Crippen LogP contribution in [0, 0.1) is 5.92 Å². The summed E-state index contributed by atoms with van der Waals surface area (Å²) in [5, 5.41) is 3.55. The molecule has 1 saturated heterocycles. The molecule has 0 bridgehead atoms. The second-order valence-corrected chi connectivity index (χ2v) is 5.96. The number of likely N-dealkylation sites (tertiary alicyclic amines) is 1. The van der Waals surface area contributed by atoms with Gasteiger partial charge in [-0.1, -0.05) is 24.8 Å². The minimum atomic E-state index is 0.564. The average molecular weight is 288 g/mol. The monoisotopic (exact) mass is 288 g/mol. The van der Waals surface area contributed by atoms with E-state index >= 15 is 0 Å². The SMILES string of the molecule is C=CCOc1ccc(CNCCC2CCN(C)CC2)cc1. The minimum Gasteiger partial charge on any atom is -0.490 e. The van der Waals surface area contributed by atoms with Crippen LogP contribution >= 0.6 is 0 Å². The second kappa shape index (κ2) is 8.85. The van der Waals surface area contributed by atoms with Crippen molar-refractivity contribution < 1.29 is 4.74 Å². The zero-order chi connectivity index (χ0) is 14.9. The smallest absolute Gasteiger partial charge is 0.119 e. The Bertz CT molecular complexity index is 408. The third-order valence-electron chi connectivity index (χ3n) is 4.19. The van der Waals surface area contributed by atoms with Gasteiger partial charge in [0.05, 0.1) is 0 Å². The normalized spacial score (nSPS) is 16.8. The topological polar surface area (TPSA) is 24.5 Å². The van der Waals surface area contributed by atoms with Crippen LogP contribution in [0.3, 0.4) is 0 Å². The van der Waals surface area contributed by atoms with Crippen molar-refractivity contribution in [1.82, 2.24) is 10.2 Å². The van der Waals surface area contributed by atoms with Crippen molar-refractivity contribution in [3.63, 3.8) is 0 Å². The molecule has 0 unspecified atom stereocenters. The summed E-state index contributed by atoms with van der Waals surface area (Å²) >= 11 is 0. The Morgan fingerprint density at radius 1 is 1.29 bits per heavy atom. The molecule has 1 aliphatic rings. The largest absolute Gasteiger partial charge is 0.490 e. The fourth-order valence-electron chi connectivity index (χ4n) is 2.75. The van der Waals surface area contributed by atoms with Gasteiger partial charge in [-0.2, -0.15) is 0 Å². The van der Waals surface area contributed by atoms with E-state index in [0.29, 0.717) is 6.61 Å². The van der Waals surface area contributed by atoms with Gasteiger partial charge in [-0.05, 0) is 69.6 Å². The first-order valence-electron chi connectivity index (χ1n) is 8.00. The highest BCUT2D eigenvalue weighted by Crippen LogP contribution is 2.18. The Labute approximate surface area is 129 Å². The fourth-order valence-corrected chi connectivity index (χ4v) is 2.75. The molecule has 1 N–H and O–H groups in total. The standard InChI is InChI=1S/C18H28N2O/c1-3-14-21-18-6-4-17(5-7-18)15-19-11-8-16-9-12-20(2)13-10-16/h3-7,16,19H,1,8-15H2,2H3. The van der Waals surface area contributed by atoms with Crippen LogP contribution in [-0.2, 0) is 6.54 Å². The van der Waals surface area contributed by atoms with E-state index in [2.05, 4.69) is 36.0 Å². The van der Waals surface area contributed by atoms with E-state index in [0.717, 1.165) is 24.8 Å². The highest BCUT2D eigenvalue weighted by Gasteiger charge is 2.15. The predicted molar refractivity (Wildman–Crippen MR) is 88.7 cm³/mol. The van der Waals surface area contributed by atoms with E-state index in [1.165, 1.54) is 37.9 Å². The second-order valence-electron chi connectivity index (χ2n) is 5.96. The van der Waals surface area contributed by atoms with Gasteiger partial charge in [0.25, 0.3) is 0 Å². The lowest BCUT2D eigenvalue weighted by molar-refractivity contribution is 0.211. The minimum absolute atomic E-state index is 0.564. The number of hydrogen-bond donors (Lipinski definition) is 1. The van der Waals surface area contributed by atoms with Gasteiger partial charge in [-0.25, -0.2) is 0 Å². The van der Waals surface area contributed by atoms with Crippen molar-refractivity contribution in [2.45, 2.75) is 25.8 Å². The summed E-state index contributed by atoms with van der Waals surface area (Å²) in [7, 11) is 2.22. The molecule has 1 heterocycles. The molecule has 21 heavy (non-hydrogen) atoms. The Morgan fingerprint density at radius 3 is 2.67 bits per heavy atom. The first-order valence-corrected chi connectivity index (χ1v) is 8.00. The fraction of sp³-hybridized carbons (Fsp3) is 0.556. The summed E-state index contributed by atoms with van der Waals surface area (Å²) in [6.45, 7) is 8.79. The highest BCUT2D eigenvalue weighted by molar-refractivity contribution is 5.27. The van der Waals surface area contributed by atoms with Crippen molar-refractivity contribution >= 4 is 0 Å². The molecule has 0 atom stereocenters. The maximum atomic E-state index is 5.48. The van der Waals surface area contributed by atoms with Crippen molar-refractivity contribution in [1.29, 1.82) is 0 Å². The molecule has 1 aromatic rings. The Morgan fingerprint density at radius 2 is 2.00 bits per heavy atom. The van der Waals surface area contributed by atoms with Crippen LogP contribution in [0.5, 0.6) is 5.75 Å². The van der Waals surface area contributed by atoms with Gasteiger partial charge in [-0.3, -0.25) is 0 Å². The summed E-state index contributed by atoms with van der Waals surface area (Å²) in [5.41, 5.74) is 1.31. The van der Waals surface area contributed by atoms with Crippen LogP contribution in [-0.4, -0.2) is 38.2 Å². The van der Waals surface area contributed by atoms with Crippen molar-refractivity contribution in [3.8, 4) is 5.75 Å². The third kappa shape index (κ3) is 5.90. The lowest BCUT2D eigenvalue weighted by Gasteiger charge is -2.28. The molecular weight excluding hydrogens is 260 g/mol. The summed E-state index contributed by atoms with van der Waals surface area (Å²) in [6, 6.07) is 8.30. The number of hydrogen-bond acceptors (Lipinski definition) is 3. The van der Waals surface area contributed by atoms with Crippen molar-refractivity contribution in [2.75, 3.05) is 33.3 Å². The van der Waals surface area contributed by atoms with E-state index in [9.17, 15) is 0 Å². The van der Waals surface area contributed by atoms with Gasteiger partial charge >= 0.3 is 0 Å². The number of piperidine rings is 1. The van der Waals surface area contributed by atoms with Gasteiger partial charge in [0.1, 0.15) is 12.4 Å². The number of rotatable bonds is 8. The molecule has 1 fully saturated rings. The number of benzene rings is 1. The summed E-state index contributed by atoms with van der Waals surface area (Å²) in [5.74, 6) is 1.81. The Kier molecular flexibility index (Phi) is 6.77. The average Bonchev–Trinajstić information content (AvgIpc) is 2.52. The van der Waals surface area contributed by atoms with Crippen LogP contribution in [0.4, 0.5) is 0 Å². The third-order valence-corrected chi connectivity index (χ3v) is 4.19. The molecule has 0 spiro atoms. The quantitative estimate of drug-likeness (QED) is 0.588. The molecule has 0 aromatic heterocycles. The first kappa shape index (κ1) is 16.1. The summed E-state index contributed by atoms with van der Waals surface area (Å²) in [4.78, 5) is 2.43. The van der Waals surface area contributed by atoms with E-state index in [1.54, 1.807) is 6.08 Å². The lowest BCUT2D eigenvalue weighted by Crippen LogP contribution is -2.31. The zero-order valence-electron chi connectivity index (χ0n) is 13.2. The molecule has 0 aliphatic carbocycles. The van der Waals surface area contributed by atoms with Crippen LogP contribution in [0.1, 0.15) is 24.8 Å². The lowest BCUT2D eigenvalue weighted by atomic mass is 9.94. The van der Waals surface area contributed by atoms with E-state index in [1.807, 2.05) is 12.1 Å². The van der Waals surface area contributed by atoms with Gasteiger partial charge in [0, 0.05) is 6.54 Å². The van der Waals surface area contributed by atoms with Crippen LogP contribution < -0.4 is 10.1 Å². The number of ether oxygens (including phenoxy) is 1. The molecule has 1 aromatic carbocycles. The molecule has 2 rings (SSSR count). The molecule has 0 amide bonds. The van der Waals surface area contributed by atoms with Crippen molar-refractivity contribution in [3.05, 3.63) is 42.5 Å².